The first-order valence-electron chi connectivity index (χ1n) is 6.41. The van der Waals surface area contributed by atoms with Crippen molar-refractivity contribution in [1.29, 1.82) is 0 Å². The molecular formula is C14H20N2O4S. The molecule has 0 aliphatic heterocycles. The van der Waals surface area contributed by atoms with Crippen molar-refractivity contribution in [3.8, 4) is 5.75 Å². The highest BCUT2D eigenvalue weighted by Gasteiger charge is 2.19. The van der Waals surface area contributed by atoms with E-state index in [1.54, 1.807) is 0 Å². The van der Waals surface area contributed by atoms with E-state index in [-0.39, 0.29) is 29.0 Å². The Morgan fingerprint density at radius 2 is 2.10 bits per heavy atom. The lowest BCUT2D eigenvalue weighted by atomic mass is 10.2. The van der Waals surface area contributed by atoms with E-state index >= 15 is 0 Å². The summed E-state index contributed by atoms with van der Waals surface area (Å²) in [6.07, 6.45) is 1.44. The summed E-state index contributed by atoms with van der Waals surface area (Å²) in [5, 5.41) is 2.71. The molecule has 21 heavy (non-hydrogen) atoms. The quantitative estimate of drug-likeness (QED) is 0.743. The number of sulfonamides is 1. The fourth-order valence-corrected chi connectivity index (χ4v) is 2.65. The van der Waals surface area contributed by atoms with Crippen LogP contribution in [0.25, 0.3) is 0 Å². The van der Waals surface area contributed by atoms with Gasteiger partial charge in [0.15, 0.2) is 0 Å². The highest BCUT2D eigenvalue weighted by Crippen LogP contribution is 2.22. The average molecular weight is 312 g/mol. The molecule has 0 atom stereocenters. The molecule has 0 aliphatic carbocycles. The predicted octanol–water partition coefficient (Wildman–Crippen LogP) is 1.30. The van der Waals surface area contributed by atoms with Gasteiger partial charge in [-0.1, -0.05) is 6.08 Å². The van der Waals surface area contributed by atoms with Crippen molar-refractivity contribution in [2.24, 2.45) is 0 Å². The lowest BCUT2D eigenvalue weighted by molar-refractivity contribution is 0.0940. The predicted molar refractivity (Wildman–Crippen MR) is 81.0 cm³/mol. The molecule has 0 heterocycles. The molecule has 1 amide bonds. The fourth-order valence-electron chi connectivity index (χ4n) is 1.62. The smallest absolute Gasteiger partial charge is 0.255 e. The molecule has 0 fully saturated rings. The van der Waals surface area contributed by atoms with E-state index in [0.717, 1.165) is 0 Å². The monoisotopic (exact) mass is 312 g/mol. The van der Waals surface area contributed by atoms with Crippen LogP contribution in [0.15, 0.2) is 35.7 Å². The molecule has 0 spiro atoms. The summed E-state index contributed by atoms with van der Waals surface area (Å²) in [5.41, 5.74) is 0.174. The Bertz CT molecular complexity index is 624. The van der Waals surface area contributed by atoms with Crippen LogP contribution >= 0.6 is 0 Å². The van der Waals surface area contributed by atoms with Gasteiger partial charge in [0, 0.05) is 12.6 Å². The minimum Gasteiger partial charge on any atom is -0.496 e. The van der Waals surface area contributed by atoms with Crippen LogP contribution in [-0.2, 0) is 10.0 Å². The third-order valence-corrected chi connectivity index (χ3v) is 3.98. The van der Waals surface area contributed by atoms with Crippen LogP contribution in [0, 0.1) is 0 Å². The zero-order valence-electron chi connectivity index (χ0n) is 12.3. The first kappa shape index (κ1) is 17.2. The Labute approximate surface area is 125 Å². The van der Waals surface area contributed by atoms with Crippen molar-refractivity contribution in [3.63, 3.8) is 0 Å². The highest BCUT2D eigenvalue weighted by molar-refractivity contribution is 7.89. The SMILES string of the molecule is C=CCNS(=O)(=O)c1ccc(OC)c(C(=O)NC(C)C)c1. The minimum absolute atomic E-state index is 0.000874. The van der Waals surface area contributed by atoms with E-state index in [2.05, 4.69) is 16.6 Å². The van der Waals surface area contributed by atoms with Crippen molar-refractivity contribution < 1.29 is 17.9 Å². The minimum atomic E-state index is -3.69. The lowest BCUT2D eigenvalue weighted by Crippen LogP contribution is -2.31. The molecule has 1 aromatic rings. The van der Waals surface area contributed by atoms with Crippen molar-refractivity contribution in [3.05, 3.63) is 36.4 Å². The Kier molecular flexibility index (Phi) is 5.92. The summed E-state index contributed by atoms with van der Waals surface area (Å²) in [6, 6.07) is 4.07. The van der Waals surface area contributed by atoms with Crippen molar-refractivity contribution >= 4 is 15.9 Å². The number of hydrogen-bond acceptors (Lipinski definition) is 4. The summed E-state index contributed by atoms with van der Waals surface area (Å²) in [5.74, 6) is -0.0709. The van der Waals surface area contributed by atoms with Gasteiger partial charge in [-0.15, -0.1) is 6.58 Å². The summed E-state index contributed by atoms with van der Waals surface area (Å²) >= 11 is 0. The maximum Gasteiger partial charge on any atom is 0.255 e. The lowest BCUT2D eigenvalue weighted by Gasteiger charge is -2.13. The third-order valence-electron chi connectivity index (χ3n) is 2.56. The van der Waals surface area contributed by atoms with Crippen molar-refractivity contribution in [2.45, 2.75) is 24.8 Å². The molecule has 0 saturated carbocycles. The number of methoxy groups -OCH3 is 1. The van der Waals surface area contributed by atoms with Crippen LogP contribution in [-0.4, -0.2) is 34.0 Å². The summed E-state index contributed by atoms with van der Waals surface area (Å²) < 4.78 is 31.6. The van der Waals surface area contributed by atoms with Gasteiger partial charge in [-0.2, -0.15) is 0 Å². The van der Waals surface area contributed by atoms with Gasteiger partial charge in [0.1, 0.15) is 5.75 Å². The molecule has 0 aliphatic rings. The number of rotatable bonds is 7. The summed E-state index contributed by atoms with van der Waals surface area (Å²) in [7, 11) is -2.27. The number of carbonyl (C=O) groups is 1. The number of amides is 1. The molecule has 116 valence electrons. The Morgan fingerprint density at radius 1 is 1.43 bits per heavy atom. The summed E-state index contributed by atoms with van der Waals surface area (Å²) in [6.45, 7) is 7.20. The Balaban J connectivity index is 3.22. The van der Waals surface area contributed by atoms with E-state index in [1.807, 2.05) is 13.8 Å². The topological polar surface area (TPSA) is 84.5 Å². The van der Waals surface area contributed by atoms with Crippen LogP contribution in [0.2, 0.25) is 0 Å². The summed E-state index contributed by atoms with van der Waals surface area (Å²) in [4.78, 5) is 12.1. The molecule has 0 bridgehead atoms. The largest absolute Gasteiger partial charge is 0.496 e. The van der Waals surface area contributed by atoms with Crippen LogP contribution in [0.3, 0.4) is 0 Å². The van der Waals surface area contributed by atoms with Crippen LogP contribution < -0.4 is 14.8 Å². The molecule has 1 rings (SSSR count). The van der Waals surface area contributed by atoms with Gasteiger partial charge in [-0.25, -0.2) is 13.1 Å². The maximum atomic E-state index is 12.1. The van der Waals surface area contributed by atoms with Gasteiger partial charge >= 0.3 is 0 Å². The van der Waals surface area contributed by atoms with E-state index in [1.165, 1.54) is 31.4 Å². The standard InChI is InChI=1S/C14H20N2O4S/c1-5-8-15-21(18,19)11-6-7-13(20-4)12(9-11)14(17)16-10(2)3/h5-7,9-10,15H,1,8H2,2-4H3,(H,16,17). The second-order valence-corrected chi connectivity index (χ2v) is 6.40. The number of benzene rings is 1. The fraction of sp³-hybridized carbons (Fsp3) is 0.357. The number of carbonyl (C=O) groups excluding carboxylic acids is 1. The highest BCUT2D eigenvalue weighted by atomic mass is 32.2. The number of nitrogens with one attached hydrogen (secondary N) is 2. The average Bonchev–Trinajstić information content (AvgIpc) is 2.43. The van der Waals surface area contributed by atoms with Crippen molar-refractivity contribution in [2.75, 3.05) is 13.7 Å². The van der Waals surface area contributed by atoms with Gasteiger partial charge < -0.3 is 10.1 Å². The van der Waals surface area contributed by atoms with E-state index in [9.17, 15) is 13.2 Å². The van der Waals surface area contributed by atoms with Gasteiger partial charge in [-0.05, 0) is 32.0 Å². The second-order valence-electron chi connectivity index (χ2n) is 4.63. The molecule has 2 N–H and O–H groups in total. The Hall–Kier alpha value is -1.86. The molecule has 0 radical (unpaired) electrons. The molecule has 6 nitrogen and oxygen atoms in total. The second kappa shape index (κ2) is 7.24. The van der Waals surface area contributed by atoms with Crippen LogP contribution in [0.1, 0.15) is 24.2 Å². The van der Waals surface area contributed by atoms with Crippen LogP contribution in [0.5, 0.6) is 5.75 Å². The van der Waals surface area contributed by atoms with E-state index in [4.69, 9.17) is 4.74 Å². The van der Waals surface area contributed by atoms with Gasteiger partial charge in [0.25, 0.3) is 5.91 Å². The molecule has 0 saturated heterocycles. The molecule has 0 aromatic heterocycles. The first-order chi connectivity index (χ1) is 9.81. The first-order valence-corrected chi connectivity index (χ1v) is 7.89. The molecular weight excluding hydrogens is 292 g/mol. The van der Waals surface area contributed by atoms with Crippen LogP contribution in [0.4, 0.5) is 0 Å². The zero-order valence-corrected chi connectivity index (χ0v) is 13.2. The zero-order chi connectivity index (χ0) is 16.0. The molecule has 0 unspecified atom stereocenters. The van der Waals surface area contributed by atoms with Gasteiger partial charge in [0.2, 0.25) is 10.0 Å². The number of ether oxygens (including phenoxy) is 1. The van der Waals surface area contributed by atoms with Gasteiger partial charge in [0.05, 0.1) is 17.6 Å². The Morgan fingerprint density at radius 3 is 2.62 bits per heavy atom. The van der Waals surface area contributed by atoms with Crippen molar-refractivity contribution in [1.82, 2.24) is 10.0 Å². The maximum absolute atomic E-state index is 12.1. The normalized spacial score (nSPS) is 11.2. The van der Waals surface area contributed by atoms with E-state index in [0.29, 0.717) is 5.75 Å². The number of hydrogen-bond donors (Lipinski definition) is 2. The van der Waals surface area contributed by atoms with E-state index < -0.39 is 10.0 Å². The molecule has 1 aromatic carbocycles. The van der Waals surface area contributed by atoms with Gasteiger partial charge in [-0.3, -0.25) is 4.79 Å². The third kappa shape index (κ3) is 4.57. The molecule has 7 heteroatoms.